The Kier molecular flexibility index (Phi) is 5.02. The first-order chi connectivity index (χ1) is 11.6. The fourth-order valence-electron chi connectivity index (χ4n) is 2.90. The van der Waals surface area contributed by atoms with Crippen molar-refractivity contribution >= 4 is 11.6 Å². The molecule has 6 heteroatoms. The van der Waals surface area contributed by atoms with E-state index in [9.17, 15) is 0 Å². The lowest BCUT2D eigenvalue weighted by atomic mass is 10.1. The summed E-state index contributed by atoms with van der Waals surface area (Å²) >= 11 is 6.39. The van der Waals surface area contributed by atoms with E-state index in [2.05, 4.69) is 53.3 Å². The summed E-state index contributed by atoms with van der Waals surface area (Å²) in [7, 11) is 3.99. The first kappa shape index (κ1) is 16.7. The fourth-order valence-corrected chi connectivity index (χ4v) is 3.10. The van der Waals surface area contributed by atoms with Crippen molar-refractivity contribution in [3.8, 4) is 5.69 Å². The van der Waals surface area contributed by atoms with Crippen LogP contribution in [0.4, 0.5) is 0 Å². The lowest BCUT2D eigenvalue weighted by molar-refractivity contribution is 0.318. The highest BCUT2D eigenvalue weighted by molar-refractivity contribution is 6.30. The van der Waals surface area contributed by atoms with Crippen LogP contribution in [0.3, 0.4) is 0 Å². The summed E-state index contributed by atoms with van der Waals surface area (Å²) in [6.45, 7) is 3.72. The second-order valence-corrected chi connectivity index (χ2v) is 6.34. The van der Waals surface area contributed by atoms with Crippen molar-refractivity contribution < 1.29 is 0 Å². The van der Waals surface area contributed by atoms with E-state index in [0.717, 1.165) is 41.6 Å². The maximum atomic E-state index is 6.39. The average molecular weight is 344 g/mol. The van der Waals surface area contributed by atoms with E-state index in [1.165, 1.54) is 5.56 Å². The Labute approximate surface area is 147 Å². The molecule has 0 aliphatic carbocycles. The molecule has 2 heterocycles. The van der Waals surface area contributed by atoms with Crippen LogP contribution < -0.4 is 0 Å². The van der Waals surface area contributed by atoms with Crippen LogP contribution in [-0.2, 0) is 26.6 Å². The van der Waals surface area contributed by atoms with Crippen molar-refractivity contribution in [2.45, 2.75) is 26.4 Å². The Balaban J connectivity index is 1.74. The summed E-state index contributed by atoms with van der Waals surface area (Å²) in [4.78, 5) is 2.25. The van der Waals surface area contributed by atoms with Crippen LogP contribution in [0.5, 0.6) is 0 Å². The second-order valence-electron chi connectivity index (χ2n) is 5.99. The van der Waals surface area contributed by atoms with Gasteiger partial charge in [-0.15, -0.1) is 0 Å². The van der Waals surface area contributed by atoms with Gasteiger partial charge < -0.3 is 0 Å². The van der Waals surface area contributed by atoms with Crippen molar-refractivity contribution in [2.75, 3.05) is 7.05 Å². The third-order valence-electron chi connectivity index (χ3n) is 4.05. The van der Waals surface area contributed by atoms with Gasteiger partial charge in [0, 0.05) is 38.1 Å². The zero-order chi connectivity index (χ0) is 17.1. The van der Waals surface area contributed by atoms with E-state index in [4.69, 9.17) is 11.6 Å². The number of nitrogens with zero attached hydrogens (tertiary/aromatic N) is 5. The number of aromatic nitrogens is 4. The summed E-state index contributed by atoms with van der Waals surface area (Å²) in [6, 6.07) is 10.3. The Hall–Kier alpha value is -2.11. The van der Waals surface area contributed by atoms with E-state index in [-0.39, 0.29) is 0 Å². The molecule has 1 aromatic carbocycles. The topological polar surface area (TPSA) is 38.9 Å². The molecule has 0 radical (unpaired) electrons. The molecule has 0 bridgehead atoms. The molecule has 2 aromatic heterocycles. The van der Waals surface area contributed by atoms with Crippen LogP contribution in [0.2, 0.25) is 5.15 Å². The van der Waals surface area contributed by atoms with Crippen molar-refractivity contribution in [1.82, 2.24) is 24.5 Å². The van der Waals surface area contributed by atoms with E-state index in [1.807, 2.05) is 24.0 Å². The lowest BCUT2D eigenvalue weighted by Crippen LogP contribution is -2.18. The number of benzene rings is 1. The van der Waals surface area contributed by atoms with Crippen molar-refractivity contribution in [2.24, 2.45) is 7.05 Å². The highest BCUT2D eigenvalue weighted by Crippen LogP contribution is 2.22. The summed E-state index contributed by atoms with van der Waals surface area (Å²) < 4.78 is 3.62. The monoisotopic (exact) mass is 343 g/mol. The van der Waals surface area contributed by atoms with Crippen LogP contribution in [0.15, 0.2) is 42.7 Å². The van der Waals surface area contributed by atoms with Crippen LogP contribution in [0, 0.1) is 0 Å². The molecule has 0 saturated carbocycles. The molecule has 0 N–H and O–H groups in total. The predicted molar refractivity (Wildman–Crippen MR) is 96.3 cm³/mol. The highest BCUT2D eigenvalue weighted by Gasteiger charge is 2.15. The first-order valence-electron chi connectivity index (χ1n) is 8.06. The maximum Gasteiger partial charge on any atom is 0.131 e. The zero-order valence-electron chi connectivity index (χ0n) is 14.3. The van der Waals surface area contributed by atoms with Gasteiger partial charge in [-0.05, 0) is 37.2 Å². The third-order valence-corrected chi connectivity index (χ3v) is 4.52. The Bertz CT molecular complexity index is 807. The Morgan fingerprint density at radius 3 is 2.75 bits per heavy atom. The SMILES string of the molecule is CCc1nn(C)c(Cl)c1CN(C)Cc1cccc(-n2cccn2)c1. The van der Waals surface area contributed by atoms with Gasteiger partial charge >= 0.3 is 0 Å². The molecule has 24 heavy (non-hydrogen) atoms. The van der Waals surface area contributed by atoms with Crippen molar-refractivity contribution in [3.05, 3.63) is 64.7 Å². The highest BCUT2D eigenvalue weighted by atomic mass is 35.5. The molecular formula is C18H22ClN5. The largest absolute Gasteiger partial charge is 0.298 e. The fraction of sp³-hybridized carbons (Fsp3) is 0.333. The van der Waals surface area contributed by atoms with Gasteiger partial charge in [0.05, 0.1) is 11.4 Å². The van der Waals surface area contributed by atoms with Gasteiger partial charge in [0.1, 0.15) is 5.15 Å². The van der Waals surface area contributed by atoms with E-state index >= 15 is 0 Å². The summed E-state index contributed by atoms with van der Waals surface area (Å²) in [5.41, 5.74) is 4.50. The van der Waals surface area contributed by atoms with Crippen LogP contribution in [0.1, 0.15) is 23.7 Å². The van der Waals surface area contributed by atoms with Gasteiger partial charge in [-0.3, -0.25) is 9.58 Å². The first-order valence-corrected chi connectivity index (χ1v) is 8.44. The summed E-state index contributed by atoms with van der Waals surface area (Å²) in [5.74, 6) is 0. The quantitative estimate of drug-likeness (QED) is 0.688. The minimum atomic E-state index is 0.726. The molecule has 5 nitrogen and oxygen atoms in total. The van der Waals surface area contributed by atoms with Gasteiger partial charge in [-0.1, -0.05) is 30.7 Å². The second kappa shape index (κ2) is 7.20. The molecule has 0 saturated heterocycles. The van der Waals surface area contributed by atoms with Gasteiger partial charge in [-0.2, -0.15) is 10.2 Å². The normalized spacial score (nSPS) is 11.4. The summed E-state index contributed by atoms with van der Waals surface area (Å²) in [5, 5.41) is 9.50. The number of hydrogen-bond acceptors (Lipinski definition) is 3. The maximum absolute atomic E-state index is 6.39. The molecule has 0 unspecified atom stereocenters. The number of rotatable bonds is 6. The number of hydrogen-bond donors (Lipinski definition) is 0. The van der Waals surface area contributed by atoms with Gasteiger partial charge in [0.25, 0.3) is 0 Å². The van der Waals surface area contributed by atoms with E-state index in [1.54, 1.807) is 10.9 Å². The third kappa shape index (κ3) is 3.52. The molecule has 0 spiro atoms. The molecule has 0 aliphatic rings. The predicted octanol–water partition coefficient (Wildman–Crippen LogP) is 3.45. The zero-order valence-corrected chi connectivity index (χ0v) is 15.0. The van der Waals surface area contributed by atoms with Crippen molar-refractivity contribution in [3.63, 3.8) is 0 Å². The van der Waals surface area contributed by atoms with E-state index < -0.39 is 0 Å². The van der Waals surface area contributed by atoms with Crippen LogP contribution >= 0.6 is 11.6 Å². The van der Waals surface area contributed by atoms with Gasteiger partial charge in [-0.25, -0.2) is 4.68 Å². The summed E-state index contributed by atoms with van der Waals surface area (Å²) in [6.07, 6.45) is 4.62. The minimum Gasteiger partial charge on any atom is -0.298 e. The molecule has 0 fully saturated rings. The standard InChI is InChI=1S/C18H22ClN5/c1-4-17-16(18(19)23(3)21-17)13-22(2)12-14-7-5-8-15(11-14)24-10-6-9-20-24/h5-11H,4,12-13H2,1-3H3. The Morgan fingerprint density at radius 1 is 1.21 bits per heavy atom. The molecule has 0 atom stereocenters. The van der Waals surface area contributed by atoms with E-state index in [0.29, 0.717) is 0 Å². The number of halogens is 1. The van der Waals surface area contributed by atoms with Crippen LogP contribution in [-0.4, -0.2) is 31.5 Å². The molecule has 3 aromatic rings. The van der Waals surface area contributed by atoms with Gasteiger partial charge in [0.15, 0.2) is 0 Å². The van der Waals surface area contributed by atoms with Crippen LogP contribution in [0.25, 0.3) is 5.69 Å². The smallest absolute Gasteiger partial charge is 0.131 e. The molecule has 126 valence electrons. The molecule has 0 aliphatic heterocycles. The minimum absolute atomic E-state index is 0.726. The Morgan fingerprint density at radius 2 is 2.04 bits per heavy atom. The van der Waals surface area contributed by atoms with Gasteiger partial charge in [0.2, 0.25) is 0 Å². The molecular weight excluding hydrogens is 322 g/mol. The molecule has 3 rings (SSSR count). The molecule has 0 amide bonds. The number of aryl methyl sites for hydroxylation is 2. The average Bonchev–Trinajstić information content (AvgIpc) is 3.19. The van der Waals surface area contributed by atoms with Crippen molar-refractivity contribution in [1.29, 1.82) is 0 Å². The lowest BCUT2D eigenvalue weighted by Gasteiger charge is -2.17.